The molecule has 1 aromatic rings. The fourth-order valence-electron chi connectivity index (χ4n) is 2.82. The molecule has 0 bridgehead atoms. The van der Waals surface area contributed by atoms with Crippen molar-refractivity contribution >= 4 is 11.6 Å². The molecule has 0 saturated heterocycles. The summed E-state index contributed by atoms with van der Waals surface area (Å²) < 4.78 is 0. The van der Waals surface area contributed by atoms with Crippen LogP contribution in [0, 0.1) is 5.92 Å². The Labute approximate surface area is 127 Å². The third-order valence-corrected chi connectivity index (χ3v) is 4.41. The van der Waals surface area contributed by atoms with E-state index in [2.05, 4.69) is 16.9 Å². The third kappa shape index (κ3) is 3.52. The Balaban J connectivity index is 2.17. The molecule has 0 aliphatic heterocycles. The van der Waals surface area contributed by atoms with Gasteiger partial charge in [-0.25, -0.2) is 9.97 Å². The molecule has 0 spiro atoms. The lowest BCUT2D eigenvalue weighted by atomic mass is 9.86. The van der Waals surface area contributed by atoms with Gasteiger partial charge >= 0.3 is 0 Å². The minimum atomic E-state index is -0.0867. The molecule has 1 saturated carbocycles. The van der Waals surface area contributed by atoms with Crippen molar-refractivity contribution < 1.29 is 4.79 Å². The van der Waals surface area contributed by atoms with E-state index in [1.165, 1.54) is 12.8 Å². The highest BCUT2D eigenvalue weighted by Crippen LogP contribution is 2.27. The topological polar surface area (TPSA) is 72.1 Å². The van der Waals surface area contributed by atoms with Gasteiger partial charge in [-0.1, -0.05) is 20.8 Å². The van der Waals surface area contributed by atoms with Gasteiger partial charge in [0.15, 0.2) is 5.69 Å². The first kappa shape index (κ1) is 15.7. The average molecular weight is 290 g/mol. The highest BCUT2D eigenvalue weighted by molar-refractivity contribution is 5.97. The van der Waals surface area contributed by atoms with E-state index in [1.807, 2.05) is 25.8 Å². The Morgan fingerprint density at radius 3 is 2.52 bits per heavy atom. The minimum Gasteiger partial charge on any atom is -0.396 e. The lowest BCUT2D eigenvalue weighted by Crippen LogP contribution is -2.40. The van der Waals surface area contributed by atoms with Crippen LogP contribution in [0.25, 0.3) is 0 Å². The molecule has 0 atom stereocenters. The van der Waals surface area contributed by atoms with Gasteiger partial charge in [-0.05, 0) is 31.6 Å². The summed E-state index contributed by atoms with van der Waals surface area (Å²) in [7, 11) is 1.86. The zero-order valence-electron chi connectivity index (χ0n) is 13.5. The molecular weight excluding hydrogens is 264 g/mol. The van der Waals surface area contributed by atoms with Crippen LogP contribution in [0.2, 0.25) is 0 Å². The summed E-state index contributed by atoms with van der Waals surface area (Å²) in [5.41, 5.74) is 6.61. The van der Waals surface area contributed by atoms with Crippen LogP contribution in [-0.4, -0.2) is 33.9 Å². The summed E-state index contributed by atoms with van der Waals surface area (Å²) in [6.07, 6.45) is 6.03. The minimum absolute atomic E-state index is 0.0867. The number of hydrogen-bond donors (Lipinski definition) is 1. The van der Waals surface area contributed by atoms with Gasteiger partial charge in [0.05, 0.1) is 11.9 Å². The number of nitrogen functional groups attached to an aromatic ring is 1. The highest BCUT2D eigenvalue weighted by atomic mass is 16.2. The number of nitrogens with two attached hydrogens (primary N) is 1. The predicted molar refractivity (Wildman–Crippen MR) is 84.0 cm³/mol. The molecule has 5 nitrogen and oxygen atoms in total. The maximum absolute atomic E-state index is 12.7. The van der Waals surface area contributed by atoms with Crippen LogP contribution in [0.3, 0.4) is 0 Å². The monoisotopic (exact) mass is 290 g/mol. The molecule has 0 unspecified atom stereocenters. The second kappa shape index (κ2) is 6.41. The molecule has 1 amide bonds. The van der Waals surface area contributed by atoms with Crippen LogP contribution < -0.4 is 5.73 Å². The van der Waals surface area contributed by atoms with Gasteiger partial charge in [0.2, 0.25) is 0 Å². The van der Waals surface area contributed by atoms with E-state index in [-0.39, 0.29) is 11.8 Å². The molecule has 1 aromatic heterocycles. The number of nitrogens with zero attached hydrogens (tertiary/aromatic N) is 3. The normalized spacial score (nSPS) is 22.3. The Bertz CT molecular complexity index is 507. The summed E-state index contributed by atoms with van der Waals surface area (Å²) in [4.78, 5) is 23.1. The molecule has 0 aromatic carbocycles. The summed E-state index contributed by atoms with van der Waals surface area (Å²) in [6.45, 7) is 6.29. The van der Waals surface area contributed by atoms with Crippen LogP contribution in [0.1, 0.15) is 68.7 Å². The van der Waals surface area contributed by atoms with E-state index < -0.39 is 0 Å². The van der Waals surface area contributed by atoms with Gasteiger partial charge in [0, 0.05) is 19.0 Å². The van der Waals surface area contributed by atoms with Crippen molar-refractivity contribution in [1.29, 1.82) is 0 Å². The number of hydrogen-bond acceptors (Lipinski definition) is 4. The molecule has 1 fully saturated rings. The number of carbonyl (C=O) groups is 1. The first-order valence-electron chi connectivity index (χ1n) is 7.79. The summed E-state index contributed by atoms with van der Waals surface area (Å²) in [6, 6.07) is 0.297. The largest absolute Gasteiger partial charge is 0.396 e. The molecule has 2 N–H and O–H groups in total. The number of rotatable bonds is 3. The van der Waals surface area contributed by atoms with Crippen LogP contribution in [-0.2, 0) is 0 Å². The molecule has 1 heterocycles. The Hall–Kier alpha value is -1.65. The number of aromatic nitrogens is 2. The van der Waals surface area contributed by atoms with E-state index in [4.69, 9.17) is 5.73 Å². The fourth-order valence-corrected chi connectivity index (χ4v) is 2.82. The van der Waals surface area contributed by atoms with Crippen molar-refractivity contribution in [3.05, 3.63) is 17.7 Å². The van der Waals surface area contributed by atoms with E-state index in [9.17, 15) is 4.79 Å². The zero-order valence-corrected chi connectivity index (χ0v) is 13.5. The van der Waals surface area contributed by atoms with Gasteiger partial charge in [0.25, 0.3) is 5.91 Å². The second-order valence-corrected chi connectivity index (χ2v) is 6.52. The molecule has 1 aliphatic rings. The van der Waals surface area contributed by atoms with Crippen molar-refractivity contribution in [2.45, 2.75) is 58.4 Å². The number of carbonyl (C=O) groups excluding carboxylic acids is 1. The van der Waals surface area contributed by atoms with Gasteiger partial charge in [-0.3, -0.25) is 4.79 Å². The molecule has 5 heteroatoms. The van der Waals surface area contributed by atoms with Gasteiger partial charge in [-0.15, -0.1) is 0 Å². The van der Waals surface area contributed by atoms with Gasteiger partial charge in [0.1, 0.15) is 5.82 Å². The van der Waals surface area contributed by atoms with Crippen molar-refractivity contribution in [3.63, 3.8) is 0 Å². The van der Waals surface area contributed by atoms with Crippen LogP contribution in [0.5, 0.6) is 0 Å². The van der Waals surface area contributed by atoms with Crippen LogP contribution in [0.4, 0.5) is 5.69 Å². The SMILES string of the molecule is CC1CCC(N(C)C(=O)c2nc(C(C)C)ncc2N)CC1. The van der Waals surface area contributed by atoms with E-state index in [0.29, 0.717) is 23.2 Å². The first-order chi connectivity index (χ1) is 9.90. The first-order valence-corrected chi connectivity index (χ1v) is 7.79. The maximum Gasteiger partial charge on any atom is 0.274 e. The van der Waals surface area contributed by atoms with E-state index >= 15 is 0 Å². The van der Waals surface area contributed by atoms with Crippen molar-refractivity contribution in [1.82, 2.24) is 14.9 Å². The molecule has 0 radical (unpaired) electrons. The van der Waals surface area contributed by atoms with Gasteiger partial charge in [-0.2, -0.15) is 0 Å². The van der Waals surface area contributed by atoms with Crippen LogP contribution >= 0.6 is 0 Å². The molecule has 116 valence electrons. The van der Waals surface area contributed by atoms with Crippen molar-refractivity contribution in [2.75, 3.05) is 12.8 Å². The van der Waals surface area contributed by atoms with Crippen molar-refractivity contribution in [3.8, 4) is 0 Å². The van der Waals surface area contributed by atoms with E-state index in [1.54, 1.807) is 6.20 Å². The second-order valence-electron chi connectivity index (χ2n) is 6.52. The number of amides is 1. The average Bonchev–Trinajstić information content (AvgIpc) is 2.47. The van der Waals surface area contributed by atoms with Crippen LogP contribution in [0.15, 0.2) is 6.20 Å². The lowest BCUT2D eigenvalue weighted by Gasteiger charge is -2.33. The summed E-state index contributed by atoms with van der Waals surface area (Å²) in [5.74, 6) is 1.52. The molecule has 21 heavy (non-hydrogen) atoms. The van der Waals surface area contributed by atoms with Gasteiger partial charge < -0.3 is 10.6 Å². The highest BCUT2D eigenvalue weighted by Gasteiger charge is 2.27. The molecular formula is C16H26N4O. The fraction of sp³-hybridized carbons (Fsp3) is 0.688. The Kier molecular flexibility index (Phi) is 4.80. The smallest absolute Gasteiger partial charge is 0.274 e. The van der Waals surface area contributed by atoms with Crippen molar-refractivity contribution in [2.24, 2.45) is 5.92 Å². The summed E-state index contributed by atoms with van der Waals surface area (Å²) in [5, 5.41) is 0. The van der Waals surface area contributed by atoms with E-state index in [0.717, 1.165) is 18.8 Å². The number of anilines is 1. The summed E-state index contributed by atoms with van der Waals surface area (Å²) >= 11 is 0. The molecule has 1 aliphatic carbocycles. The molecule has 2 rings (SSSR count). The third-order valence-electron chi connectivity index (χ3n) is 4.41. The zero-order chi connectivity index (χ0) is 15.6. The maximum atomic E-state index is 12.7. The predicted octanol–water partition coefficient (Wildman–Crippen LogP) is 2.83. The standard InChI is InChI=1S/C16H26N4O/c1-10(2)15-18-9-13(17)14(19-15)16(21)20(4)12-7-5-11(3)6-8-12/h9-12H,5-8,17H2,1-4H3. The Morgan fingerprint density at radius 2 is 1.95 bits per heavy atom. The quantitative estimate of drug-likeness (QED) is 0.929. The Morgan fingerprint density at radius 1 is 1.33 bits per heavy atom. The lowest BCUT2D eigenvalue weighted by molar-refractivity contribution is 0.0674.